The van der Waals surface area contributed by atoms with Crippen molar-refractivity contribution >= 4 is 23.2 Å². The van der Waals surface area contributed by atoms with Crippen LogP contribution in [0, 0.1) is 11.2 Å². The quantitative estimate of drug-likeness (QED) is 0.112. The van der Waals surface area contributed by atoms with E-state index in [4.69, 9.17) is 10.1 Å². The minimum Gasteiger partial charge on any atom is -0.495 e. The van der Waals surface area contributed by atoms with Gasteiger partial charge in [0.05, 0.1) is 25.9 Å². The summed E-state index contributed by atoms with van der Waals surface area (Å²) in [4.78, 5) is 21.2. The molecule has 1 aromatic heterocycles. The second-order valence-corrected chi connectivity index (χ2v) is 10.3. The molecule has 9 nitrogen and oxygen atoms in total. The van der Waals surface area contributed by atoms with E-state index in [1.54, 1.807) is 42.6 Å². The molecule has 222 valence electrons. The number of hydrogen-bond acceptors (Lipinski definition) is 5. The number of halogens is 2. The molecule has 0 aliphatic carbocycles. The molecule has 3 aromatic carbocycles. The lowest BCUT2D eigenvalue weighted by Crippen LogP contribution is -2.51. The molecule has 1 unspecified atom stereocenters. The normalized spacial score (nSPS) is 14.9. The van der Waals surface area contributed by atoms with Crippen LogP contribution in [0.15, 0.2) is 90.1 Å². The number of rotatable bonds is 8. The highest BCUT2D eigenvalue weighted by Crippen LogP contribution is 2.28. The van der Waals surface area contributed by atoms with E-state index in [1.165, 1.54) is 24.1 Å². The molecular formula is C32H32F2N6O3. The van der Waals surface area contributed by atoms with Crippen molar-refractivity contribution in [2.75, 3.05) is 30.8 Å². The van der Waals surface area contributed by atoms with Crippen LogP contribution in [0.4, 0.5) is 20.2 Å². The Kier molecular flexibility index (Phi) is 8.82. The maximum Gasteiger partial charge on any atom is 0.254 e. The number of ether oxygens (including phenoxy) is 1. The smallest absolute Gasteiger partial charge is 0.254 e. The number of aliphatic hydroxyl groups is 1. The average molecular weight is 587 g/mol. The van der Waals surface area contributed by atoms with Crippen LogP contribution in [-0.4, -0.2) is 59.5 Å². The number of nitrogens with one attached hydrogen (secondary N) is 4. The number of anilines is 2. The number of aliphatic hydroxyl groups excluding tert-OH is 1. The SMILES string of the molecule is COc1cc(C(=O)N2CC(F)C2)ccc1NC(=N)/N=c1/ccc(-c2ccc(NC(O)[C@H](C)c3ccc(F)cc3)cc2)c[nH]1. The molecule has 2 atom stereocenters. The molecular weight excluding hydrogens is 554 g/mol. The van der Waals surface area contributed by atoms with Crippen LogP contribution in [0.3, 0.4) is 0 Å². The van der Waals surface area contributed by atoms with Gasteiger partial charge in [-0.05, 0) is 71.3 Å². The summed E-state index contributed by atoms with van der Waals surface area (Å²) in [6.07, 6.45) is -0.0583. The number of carbonyl (C=O) groups excluding carboxylic acids is 1. The summed E-state index contributed by atoms with van der Waals surface area (Å²) in [7, 11) is 1.46. The number of nitrogens with zero attached hydrogens (tertiary/aromatic N) is 2. The third-order valence-electron chi connectivity index (χ3n) is 7.26. The highest BCUT2D eigenvalue weighted by molar-refractivity contribution is 5.98. The molecule has 1 aliphatic rings. The van der Waals surface area contributed by atoms with Gasteiger partial charge in [0.25, 0.3) is 5.91 Å². The number of amides is 1. The molecule has 2 heterocycles. The Morgan fingerprint density at radius 3 is 2.40 bits per heavy atom. The van der Waals surface area contributed by atoms with E-state index in [-0.39, 0.29) is 36.7 Å². The first-order valence-electron chi connectivity index (χ1n) is 13.7. The summed E-state index contributed by atoms with van der Waals surface area (Å²) in [5.41, 5.74) is 4.68. The Balaban J connectivity index is 1.20. The van der Waals surface area contributed by atoms with E-state index >= 15 is 0 Å². The van der Waals surface area contributed by atoms with E-state index in [0.29, 0.717) is 22.5 Å². The van der Waals surface area contributed by atoms with E-state index in [9.17, 15) is 18.7 Å². The lowest BCUT2D eigenvalue weighted by Gasteiger charge is -2.34. The van der Waals surface area contributed by atoms with E-state index in [0.717, 1.165) is 22.4 Å². The van der Waals surface area contributed by atoms with E-state index in [1.807, 2.05) is 37.3 Å². The Bertz CT molecular complexity index is 1650. The van der Waals surface area contributed by atoms with Crippen molar-refractivity contribution < 1.29 is 23.4 Å². The number of H-pyrrole nitrogens is 1. The van der Waals surface area contributed by atoms with Gasteiger partial charge in [0.2, 0.25) is 5.96 Å². The average Bonchev–Trinajstić information content (AvgIpc) is 3.00. The number of methoxy groups -OCH3 is 1. The zero-order valence-electron chi connectivity index (χ0n) is 23.6. The van der Waals surface area contributed by atoms with Gasteiger partial charge in [-0.25, -0.2) is 8.78 Å². The van der Waals surface area contributed by atoms with Gasteiger partial charge in [-0.2, -0.15) is 4.99 Å². The van der Waals surface area contributed by atoms with Crippen LogP contribution < -0.4 is 20.9 Å². The fourth-order valence-electron chi connectivity index (χ4n) is 4.65. The number of aromatic nitrogens is 1. The van der Waals surface area contributed by atoms with Gasteiger partial charge in [0.15, 0.2) is 0 Å². The second-order valence-electron chi connectivity index (χ2n) is 10.3. The summed E-state index contributed by atoms with van der Waals surface area (Å²) in [6, 6.07) is 22.0. The number of aromatic amines is 1. The third-order valence-corrected chi connectivity index (χ3v) is 7.26. The van der Waals surface area contributed by atoms with Gasteiger partial charge < -0.3 is 30.4 Å². The van der Waals surface area contributed by atoms with Crippen LogP contribution >= 0.6 is 0 Å². The van der Waals surface area contributed by atoms with Gasteiger partial charge in [-0.1, -0.05) is 31.2 Å². The Morgan fingerprint density at radius 2 is 1.77 bits per heavy atom. The topological polar surface area (TPSA) is 126 Å². The van der Waals surface area contributed by atoms with E-state index in [2.05, 4.69) is 20.6 Å². The number of hydrogen-bond donors (Lipinski definition) is 5. The fourth-order valence-corrected chi connectivity index (χ4v) is 4.65. The highest BCUT2D eigenvalue weighted by atomic mass is 19.1. The summed E-state index contributed by atoms with van der Waals surface area (Å²) in [5, 5.41) is 24.8. The number of pyridine rings is 1. The number of benzene rings is 3. The van der Waals surface area contributed by atoms with Gasteiger partial charge in [0.1, 0.15) is 29.5 Å². The van der Waals surface area contributed by atoms with Crippen molar-refractivity contribution in [3.63, 3.8) is 0 Å². The molecule has 5 rings (SSSR count). The highest BCUT2D eigenvalue weighted by Gasteiger charge is 2.31. The van der Waals surface area contributed by atoms with Gasteiger partial charge in [-0.15, -0.1) is 0 Å². The Labute approximate surface area is 247 Å². The Hall–Kier alpha value is -5.03. The maximum atomic E-state index is 13.2. The molecule has 1 amide bonds. The lowest BCUT2D eigenvalue weighted by atomic mass is 9.99. The number of guanidine groups is 1. The van der Waals surface area contributed by atoms with Crippen molar-refractivity contribution in [2.24, 2.45) is 4.99 Å². The van der Waals surface area contributed by atoms with Crippen molar-refractivity contribution in [3.8, 4) is 16.9 Å². The van der Waals surface area contributed by atoms with Crippen LogP contribution in [0.5, 0.6) is 5.75 Å². The van der Waals surface area contributed by atoms with Crippen LogP contribution in [0.25, 0.3) is 11.1 Å². The van der Waals surface area contributed by atoms with Crippen molar-refractivity contribution in [3.05, 3.63) is 107 Å². The second kappa shape index (κ2) is 12.9. The van der Waals surface area contributed by atoms with Crippen LogP contribution in [0.2, 0.25) is 0 Å². The standard InChI is InChI=1S/C32H32F2N6O3/c1-19(20-3-9-24(33)10-4-20)30(41)37-26-11-5-21(6-12-26)23-8-14-29(36-16-23)39-32(35)38-27-13-7-22(15-28(27)43-2)31(42)40-17-25(34)18-40/h3-16,19,25,30,37,41H,17-18H2,1-2H3,(H3,35,36,38,39)/t19-,30?/m1/s1. The van der Waals surface area contributed by atoms with Crippen LogP contribution in [0.1, 0.15) is 28.8 Å². The predicted molar refractivity (Wildman–Crippen MR) is 161 cm³/mol. The van der Waals surface area contributed by atoms with Crippen molar-refractivity contribution in [1.29, 1.82) is 5.41 Å². The molecule has 43 heavy (non-hydrogen) atoms. The molecule has 1 aliphatic heterocycles. The zero-order chi connectivity index (χ0) is 30.5. The summed E-state index contributed by atoms with van der Waals surface area (Å²) < 4.78 is 31.7. The molecule has 5 N–H and O–H groups in total. The fraction of sp³-hybridized carbons (Fsp3) is 0.219. The first-order chi connectivity index (χ1) is 20.7. The summed E-state index contributed by atoms with van der Waals surface area (Å²) >= 11 is 0. The molecule has 0 radical (unpaired) electrons. The number of alkyl halides is 1. The first kappa shape index (κ1) is 29.5. The third kappa shape index (κ3) is 7.07. The zero-order valence-corrected chi connectivity index (χ0v) is 23.6. The molecule has 11 heteroatoms. The minimum atomic E-state index is -0.979. The first-order valence-corrected chi connectivity index (χ1v) is 13.7. The van der Waals surface area contributed by atoms with Gasteiger partial charge >= 0.3 is 0 Å². The van der Waals surface area contributed by atoms with Crippen molar-refractivity contribution in [2.45, 2.75) is 25.2 Å². The number of likely N-dealkylation sites (tertiary alicyclic amines) is 1. The monoisotopic (exact) mass is 586 g/mol. The predicted octanol–water partition coefficient (Wildman–Crippen LogP) is 5.10. The summed E-state index contributed by atoms with van der Waals surface area (Å²) in [6.45, 7) is 2.04. The molecule has 1 saturated heterocycles. The molecule has 4 aromatic rings. The molecule has 0 bridgehead atoms. The van der Waals surface area contributed by atoms with Crippen molar-refractivity contribution in [1.82, 2.24) is 9.88 Å². The molecule has 0 saturated carbocycles. The molecule has 0 spiro atoms. The summed E-state index contributed by atoms with van der Waals surface area (Å²) in [5.74, 6) is -0.618. The van der Waals surface area contributed by atoms with Gasteiger partial charge in [-0.3, -0.25) is 10.2 Å². The number of carbonyl (C=O) groups is 1. The maximum absolute atomic E-state index is 13.2. The van der Waals surface area contributed by atoms with Gasteiger partial charge in [0, 0.05) is 23.4 Å². The van der Waals surface area contributed by atoms with Crippen LogP contribution in [-0.2, 0) is 0 Å². The largest absolute Gasteiger partial charge is 0.495 e. The Morgan fingerprint density at radius 1 is 1.07 bits per heavy atom. The molecule has 1 fully saturated rings. The lowest BCUT2D eigenvalue weighted by molar-refractivity contribution is 0.0400. The minimum absolute atomic E-state index is 0.0893. The van der Waals surface area contributed by atoms with E-state index < -0.39 is 12.4 Å².